The number of benzene rings is 2. The molecule has 2 aromatic carbocycles. The molecule has 3 N–H and O–H groups in total. The van der Waals surface area contributed by atoms with Crippen LogP contribution in [-0.2, 0) is 6.54 Å². The molecule has 0 aromatic heterocycles. The van der Waals surface area contributed by atoms with Gasteiger partial charge >= 0.3 is 0 Å². The van der Waals surface area contributed by atoms with Crippen LogP contribution in [0.1, 0.15) is 18.9 Å². The molecule has 0 heterocycles. The lowest BCUT2D eigenvalue weighted by atomic mass is 10.2. The van der Waals surface area contributed by atoms with Gasteiger partial charge in [0, 0.05) is 25.3 Å². The van der Waals surface area contributed by atoms with Crippen LogP contribution in [0.5, 0.6) is 17.2 Å². The number of hydrogen-bond acceptors (Lipinski definition) is 5. The third kappa shape index (κ3) is 8.17. The second-order valence-corrected chi connectivity index (χ2v) is 6.30. The molecule has 0 saturated heterocycles. The SMILES string of the molecule is CCNC(=NCc1cc(OC)c(OC)c(OC)c1)NCCCNc1ccccc1.I. The lowest BCUT2D eigenvalue weighted by molar-refractivity contribution is 0.324. The fourth-order valence-corrected chi connectivity index (χ4v) is 2.82. The Morgan fingerprint density at radius 1 is 0.900 bits per heavy atom. The van der Waals surface area contributed by atoms with E-state index in [4.69, 9.17) is 14.2 Å². The van der Waals surface area contributed by atoms with Gasteiger partial charge in [-0.2, -0.15) is 0 Å². The molecule has 0 bridgehead atoms. The summed E-state index contributed by atoms with van der Waals surface area (Å²) in [5.74, 6) is 2.61. The number of ether oxygens (including phenoxy) is 3. The van der Waals surface area contributed by atoms with Crippen molar-refractivity contribution in [3.05, 3.63) is 48.0 Å². The van der Waals surface area contributed by atoms with Crippen LogP contribution in [0.15, 0.2) is 47.5 Å². The molecule has 0 aliphatic rings. The van der Waals surface area contributed by atoms with Crippen LogP contribution in [0, 0.1) is 0 Å². The van der Waals surface area contributed by atoms with E-state index in [1.165, 1.54) is 0 Å². The van der Waals surface area contributed by atoms with Gasteiger partial charge in [0.1, 0.15) is 0 Å². The minimum atomic E-state index is 0. The van der Waals surface area contributed by atoms with Gasteiger partial charge in [-0.25, -0.2) is 4.99 Å². The van der Waals surface area contributed by atoms with E-state index >= 15 is 0 Å². The first-order valence-electron chi connectivity index (χ1n) is 9.81. The topological polar surface area (TPSA) is 76.1 Å². The van der Waals surface area contributed by atoms with Crippen LogP contribution in [0.4, 0.5) is 5.69 Å². The van der Waals surface area contributed by atoms with E-state index < -0.39 is 0 Å². The Bertz CT molecular complexity index is 747. The molecular formula is C22H33IN4O3. The van der Waals surface area contributed by atoms with Crippen molar-refractivity contribution in [3.8, 4) is 17.2 Å². The highest BCUT2D eigenvalue weighted by molar-refractivity contribution is 14.0. The van der Waals surface area contributed by atoms with Gasteiger partial charge in [0.2, 0.25) is 5.75 Å². The molecule has 0 fully saturated rings. The summed E-state index contributed by atoms with van der Waals surface area (Å²) in [6, 6.07) is 14.0. The summed E-state index contributed by atoms with van der Waals surface area (Å²) in [4.78, 5) is 4.67. The third-order valence-electron chi connectivity index (χ3n) is 4.24. The number of guanidine groups is 1. The lowest BCUT2D eigenvalue weighted by Gasteiger charge is -2.14. The van der Waals surface area contributed by atoms with Crippen molar-refractivity contribution in [2.75, 3.05) is 46.3 Å². The van der Waals surface area contributed by atoms with Crippen LogP contribution >= 0.6 is 24.0 Å². The maximum atomic E-state index is 5.41. The second kappa shape index (κ2) is 14.6. The number of methoxy groups -OCH3 is 3. The third-order valence-corrected chi connectivity index (χ3v) is 4.24. The highest BCUT2D eigenvalue weighted by Gasteiger charge is 2.13. The number of anilines is 1. The number of halogens is 1. The quantitative estimate of drug-likeness (QED) is 0.178. The molecule has 0 atom stereocenters. The van der Waals surface area contributed by atoms with Crippen LogP contribution in [0.3, 0.4) is 0 Å². The van der Waals surface area contributed by atoms with Gasteiger partial charge in [0.15, 0.2) is 17.5 Å². The molecule has 8 heteroatoms. The molecule has 0 aliphatic carbocycles. The molecule has 0 spiro atoms. The van der Waals surface area contributed by atoms with Gasteiger partial charge in [-0.05, 0) is 43.2 Å². The molecular weight excluding hydrogens is 495 g/mol. The Labute approximate surface area is 196 Å². The molecule has 2 rings (SSSR count). The number of nitrogens with one attached hydrogen (secondary N) is 3. The van der Waals surface area contributed by atoms with Crippen LogP contribution in [-0.4, -0.2) is 46.9 Å². The first kappa shape index (κ1) is 25.7. The average Bonchev–Trinajstić information content (AvgIpc) is 2.76. The van der Waals surface area contributed by atoms with Crippen molar-refractivity contribution in [1.82, 2.24) is 10.6 Å². The first-order valence-corrected chi connectivity index (χ1v) is 9.81. The number of rotatable bonds is 11. The predicted octanol–water partition coefficient (Wildman–Crippen LogP) is 3.89. The van der Waals surface area contributed by atoms with E-state index in [0.717, 1.165) is 43.3 Å². The molecule has 30 heavy (non-hydrogen) atoms. The van der Waals surface area contributed by atoms with Crippen LogP contribution in [0.25, 0.3) is 0 Å². The minimum Gasteiger partial charge on any atom is -0.493 e. The van der Waals surface area contributed by atoms with E-state index in [0.29, 0.717) is 23.8 Å². The Morgan fingerprint density at radius 2 is 1.57 bits per heavy atom. The Hall–Kier alpha value is -2.36. The highest BCUT2D eigenvalue weighted by atomic mass is 127. The summed E-state index contributed by atoms with van der Waals surface area (Å²) in [7, 11) is 4.82. The molecule has 0 aliphatic heterocycles. The predicted molar refractivity (Wildman–Crippen MR) is 134 cm³/mol. The molecule has 2 aromatic rings. The Balaban J connectivity index is 0.00000450. The van der Waals surface area contributed by atoms with Crippen molar-refractivity contribution < 1.29 is 14.2 Å². The number of para-hydroxylation sites is 1. The van der Waals surface area contributed by atoms with Crippen LogP contribution < -0.4 is 30.2 Å². The molecule has 7 nitrogen and oxygen atoms in total. The smallest absolute Gasteiger partial charge is 0.203 e. The van der Waals surface area contributed by atoms with Gasteiger partial charge in [-0.1, -0.05) is 18.2 Å². The molecule has 166 valence electrons. The van der Waals surface area contributed by atoms with E-state index in [-0.39, 0.29) is 24.0 Å². The molecule has 0 saturated carbocycles. The zero-order valence-electron chi connectivity index (χ0n) is 18.2. The zero-order valence-corrected chi connectivity index (χ0v) is 20.5. The molecule has 0 amide bonds. The number of hydrogen-bond donors (Lipinski definition) is 3. The summed E-state index contributed by atoms with van der Waals surface area (Å²) in [6.45, 7) is 5.05. The minimum absolute atomic E-state index is 0. The molecule has 0 unspecified atom stereocenters. The number of nitrogens with zero attached hydrogens (tertiary/aromatic N) is 1. The van der Waals surface area contributed by atoms with Crippen molar-refractivity contribution >= 4 is 35.6 Å². The average molecular weight is 528 g/mol. The standard InChI is InChI=1S/C22H32N4O3.HI/c1-5-23-22(25-13-9-12-24-18-10-7-6-8-11-18)26-16-17-14-19(27-2)21(29-4)20(15-17)28-3;/h6-8,10-11,14-15,24H,5,9,12-13,16H2,1-4H3,(H2,23,25,26);1H. The van der Waals surface area contributed by atoms with Crippen molar-refractivity contribution in [2.45, 2.75) is 19.9 Å². The summed E-state index contributed by atoms with van der Waals surface area (Å²) in [5.41, 5.74) is 2.11. The summed E-state index contributed by atoms with van der Waals surface area (Å²) >= 11 is 0. The summed E-state index contributed by atoms with van der Waals surface area (Å²) < 4.78 is 16.2. The summed E-state index contributed by atoms with van der Waals surface area (Å²) in [6.07, 6.45) is 0.976. The lowest BCUT2D eigenvalue weighted by Crippen LogP contribution is -2.38. The highest BCUT2D eigenvalue weighted by Crippen LogP contribution is 2.38. The first-order chi connectivity index (χ1) is 14.2. The largest absolute Gasteiger partial charge is 0.493 e. The van der Waals surface area contributed by atoms with E-state index in [2.05, 4.69) is 33.1 Å². The fourth-order valence-electron chi connectivity index (χ4n) is 2.82. The number of aliphatic imine (C=N–C) groups is 1. The van der Waals surface area contributed by atoms with Crippen LogP contribution in [0.2, 0.25) is 0 Å². The molecule has 0 radical (unpaired) electrons. The van der Waals surface area contributed by atoms with E-state index in [1.807, 2.05) is 37.3 Å². The Kier molecular flexibility index (Phi) is 12.5. The normalized spacial score (nSPS) is 10.6. The summed E-state index contributed by atoms with van der Waals surface area (Å²) in [5, 5.41) is 10.0. The monoisotopic (exact) mass is 528 g/mol. The van der Waals surface area contributed by atoms with Gasteiger partial charge in [0.05, 0.1) is 27.9 Å². The van der Waals surface area contributed by atoms with E-state index in [9.17, 15) is 0 Å². The fraction of sp³-hybridized carbons (Fsp3) is 0.409. The van der Waals surface area contributed by atoms with Crippen molar-refractivity contribution in [1.29, 1.82) is 0 Å². The van der Waals surface area contributed by atoms with Gasteiger partial charge in [-0.3, -0.25) is 0 Å². The van der Waals surface area contributed by atoms with Gasteiger partial charge in [-0.15, -0.1) is 24.0 Å². The Morgan fingerprint density at radius 3 is 2.13 bits per heavy atom. The van der Waals surface area contributed by atoms with Crippen molar-refractivity contribution in [2.24, 2.45) is 4.99 Å². The van der Waals surface area contributed by atoms with Gasteiger partial charge < -0.3 is 30.2 Å². The second-order valence-electron chi connectivity index (χ2n) is 6.30. The van der Waals surface area contributed by atoms with E-state index in [1.54, 1.807) is 21.3 Å². The maximum absolute atomic E-state index is 5.41. The van der Waals surface area contributed by atoms with Gasteiger partial charge in [0.25, 0.3) is 0 Å². The maximum Gasteiger partial charge on any atom is 0.203 e. The van der Waals surface area contributed by atoms with Crippen molar-refractivity contribution in [3.63, 3.8) is 0 Å². The zero-order chi connectivity index (χ0) is 20.9.